The van der Waals surface area contributed by atoms with E-state index in [9.17, 15) is 0 Å². The number of aryl methyl sites for hydroxylation is 2. The third kappa shape index (κ3) is 2.88. The molecule has 0 spiro atoms. The number of hydrogen-bond acceptors (Lipinski definition) is 4. The molecule has 1 heterocycles. The number of nitrogens with two attached hydrogens (primary N) is 1. The molecule has 5 heteroatoms. The van der Waals surface area contributed by atoms with Crippen LogP contribution in [0, 0.1) is 5.92 Å². The average Bonchev–Trinajstić information content (AvgIpc) is 2.52. The molecular weight excluding hydrogens is 204 g/mol. The van der Waals surface area contributed by atoms with E-state index in [4.69, 9.17) is 10.8 Å². The van der Waals surface area contributed by atoms with Crippen molar-refractivity contribution in [3.63, 3.8) is 0 Å². The van der Waals surface area contributed by atoms with Crippen molar-refractivity contribution in [3.8, 4) is 0 Å². The van der Waals surface area contributed by atoms with Gasteiger partial charge in [0.25, 0.3) is 0 Å². The van der Waals surface area contributed by atoms with Crippen LogP contribution in [0.3, 0.4) is 0 Å². The topological polar surface area (TPSA) is 76.1 Å². The number of aliphatic hydroxyl groups is 1. The first kappa shape index (κ1) is 12.8. The van der Waals surface area contributed by atoms with Crippen LogP contribution < -0.4 is 11.1 Å². The second-order valence-electron chi connectivity index (χ2n) is 4.25. The molecule has 0 aliphatic rings. The Bertz CT molecular complexity index is 335. The van der Waals surface area contributed by atoms with Crippen molar-refractivity contribution in [2.75, 3.05) is 24.2 Å². The highest BCUT2D eigenvalue weighted by Crippen LogP contribution is 2.23. The van der Waals surface area contributed by atoms with Crippen LogP contribution in [0.4, 0.5) is 11.5 Å². The number of aromatic nitrogens is 2. The fourth-order valence-electron chi connectivity index (χ4n) is 1.56. The van der Waals surface area contributed by atoms with E-state index in [2.05, 4.69) is 17.3 Å². The lowest BCUT2D eigenvalue weighted by Crippen LogP contribution is -2.16. The van der Waals surface area contributed by atoms with Crippen molar-refractivity contribution < 1.29 is 5.11 Å². The molecule has 0 bridgehead atoms. The molecule has 1 unspecified atom stereocenters. The Morgan fingerprint density at radius 2 is 2.25 bits per heavy atom. The molecule has 92 valence electrons. The highest BCUT2D eigenvalue weighted by Gasteiger charge is 2.12. The standard InChI is InChI=1S/C11H22N4O/c1-4-5-9-10(12)11(15(3)14-9)13-6-8(2)7-16/h8,13,16H,4-7,12H2,1-3H3. The summed E-state index contributed by atoms with van der Waals surface area (Å²) in [5.41, 5.74) is 7.69. The monoisotopic (exact) mass is 226 g/mol. The molecule has 1 aromatic heterocycles. The number of anilines is 2. The Hall–Kier alpha value is -1.23. The minimum absolute atomic E-state index is 0.173. The number of nitrogens with zero attached hydrogens (tertiary/aromatic N) is 2. The van der Waals surface area contributed by atoms with Gasteiger partial charge in [-0.25, -0.2) is 0 Å². The van der Waals surface area contributed by atoms with Crippen molar-refractivity contribution in [3.05, 3.63) is 5.69 Å². The van der Waals surface area contributed by atoms with E-state index in [-0.39, 0.29) is 12.5 Å². The second-order valence-corrected chi connectivity index (χ2v) is 4.25. The van der Waals surface area contributed by atoms with Crippen LogP contribution in [-0.2, 0) is 13.5 Å². The van der Waals surface area contributed by atoms with Crippen LogP contribution in [0.1, 0.15) is 26.0 Å². The summed E-state index contributed by atoms with van der Waals surface area (Å²) < 4.78 is 1.77. The van der Waals surface area contributed by atoms with E-state index in [0.717, 1.165) is 30.0 Å². The first-order valence-corrected chi connectivity index (χ1v) is 5.76. The number of nitrogen functional groups attached to an aromatic ring is 1. The summed E-state index contributed by atoms with van der Waals surface area (Å²) in [5, 5.41) is 16.5. The van der Waals surface area contributed by atoms with E-state index in [1.54, 1.807) is 4.68 Å². The molecular formula is C11H22N4O. The maximum absolute atomic E-state index is 8.95. The van der Waals surface area contributed by atoms with Gasteiger partial charge in [-0.3, -0.25) is 4.68 Å². The Morgan fingerprint density at radius 1 is 1.56 bits per heavy atom. The van der Waals surface area contributed by atoms with Crippen LogP contribution in [0.2, 0.25) is 0 Å². The van der Waals surface area contributed by atoms with Gasteiger partial charge in [0.05, 0.1) is 11.4 Å². The maximum Gasteiger partial charge on any atom is 0.147 e. The lowest BCUT2D eigenvalue weighted by atomic mass is 10.2. The molecule has 0 amide bonds. The molecule has 0 aromatic carbocycles. The highest BCUT2D eigenvalue weighted by molar-refractivity contribution is 5.65. The molecule has 0 fully saturated rings. The zero-order chi connectivity index (χ0) is 12.1. The molecule has 16 heavy (non-hydrogen) atoms. The van der Waals surface area contributed by atoms with Gasteiger partial charge in [0.1, 0.15) is 5.82 Å². The molecule has 1 aromatic rings. The predicted octanol–water partition coefficient (Wildman–Crippen LogP) is 0.995. The summed E-state index contributed by atoms with van der Waals surface area (Å²) >= 11 is 0. The van der Waals surface area contributed by atoms with E-state index in [1.807, 2.05) is 14.0 Å². The molecule has 1 rings (SSSR count). The highest BCUT2D eigenvalue weighted by atomic mass is 16.3. The quantitative estimate of drug-likeness (QED) is 0.676. The Morgan fingerprint density at radius 3 is 2.81 bits per heavy atom. The molecule has 0 aliphatic heterocycles. The van der Waals surface area contributed by atoms with E-state index < -0.39 is 0 Å². The lowest BCUT2D eigenvalue weighted by Gasteiger charge is -2.11. The minimum Gasteiger partial charge on any atom is -0.396 e. The Kier molecular flexibility index (Phi) is 4.61. The maximum atomic E-state index is 8.95. The number of hydrogen-bond donors (Lipinski definition) is 3. The predicted molar refractivity (Wildman–Crippen MR) is 66.4 cm³/mol. The van der Waals surface area contributed by atoms with E-state index in [1.165, 1.54) is 0 Å². The van der Waals surface area contributed by atoms with Crippen LogP contribution in [0.5, 0.6) is 0 Å². The lowest BCUT2D eigenvalue weighted by molar-refractivity contribution is 0.244. The van der Waals surface area contributed by atoms with Gasteiger partial charge in [-0.15, -0.1) is 0 Å². The average molecular weight is 226 g/mol. The van der Waals surface area contributed by atoms with Gasteiger partial charge in [-0.05, 0) is 12.3 Å². The molecule has 0 saturated carbocycles. The minimum atomic E-state index is 0.173. The van der Waals surface area contributed by atoms with E-state index in [0.29, 0.717) is 6.54 Å². The zero-order valence-corrected chi connectivity index (χ0v) is 10.3. The SMILES string of the molecule is CCCc1nn(C)c(NCC(C)CO)c1N. The number of rotatable bonds is 6. The van der Waals surface area contributed by atoms with Crippen LogP contribution in [0.15, 0.2) is 0 Å². The summed E-state index contributed by atoms with van der Waals surface area (Å²) in [7, 11) is 1.88. The van der Waals surface area contributed by atoms with Gasteiger partial charge in [0.15, 0.2) is 0 Å². The molecule has 0 saturated heterocycles. The largest absolute Gasteiger partial charge is 0.396 e. The Labute approximate surface area is 96.6 Å². The van der Waals surface area contributed by atoms with Crippen molar-refractivity contribution in [1.29, 1.82) is 0 Å². The van der Waals surface area contributed by atoms with Crippen molar-refractivity contribution in [1.82, 2.24) is 9.78 Å². The van der Waals surface area contributed by atoms with Crippen LogP contribution in [0.25, 0.3) is 0 Å². The molecule has 0 aliphatic carbocycles. The van der Waals surface area contributed by atoms with Gasteiger partial charge >= 0.3 is 0 Å². The normalized spacial score (nSPS) is 12.8. The van der Waals surface area contributed by atoms with Gasteiger partial charge in [-0.1, -0.05) is 20.3 Å². The second kappa shape index (κ2) is 5.75. The van der Waals surface area contributed by atoms with Gasteiger partial charge < -0.3 is 16.2 Å². The first-order chi connectivity index (χ1) is 7.60. The molecule has 0 radical (unpaired) electrons. The van der Waals surface area contributed by atoms with Gasteiger partial charge in [0, 0.05) is 20.2 Å². The fourth-order valence-corrected chi connectivity index (χ4v) is 1.56. The third-order valence-corrected chi connectivity index (χ3v) is 2.58. The van der Waals surface area contributed by atoms with Crippen molar-refractivity contribution in [2.45, 2.75) is 26.7 Å². The van der Waals surface area contributed by atoms with Gasteiger partial charge in [-0.2, -0.15) is 5.10 Å². The number of nitrogens with one attached hydrogen (secondary N) is 1. The van der Waals surface area contributed by atoms with Crippen molar-refractivity contribution in [2.24, 2.45) is 13.0 Å². The van der Waals surface area contributed by atoms with Crippen LogP contribution >= 0.6 is 0 Å². The molecule has 5 nitrogen and oxygen atoms in total. The molecule has 4 N–H and O–H groups in total. The number of aliphatic hydroxyl groups excluding tert-OH is 1. The summed E-state index contributed by atoms with van der Waals surface area (Å²) in [4.78, 5) is 0. The summed E-state index contributed by atoms with van der Waals surface area (Å²) in [5.74, 6) is 1.06. The Balaban J connectivity index is 2.72. The van der Waals surface area contributed by atoms with E-state index >= 15 is 0 Å². The first-order valence-electron chi connectivity index (χ1n) is 5.76. The molecule has 1 atom stereocenters. The summed E-state index contributed by atoms with van der Waals surface area (Å²) in [6, 6.07) is 0. The summed E-state index contributed by atoms with van der Waals surface area (Å²) in [6.07, 6.45) is 1.94. The van der Waals surface area contributed by atoms with Crippen LogP contribution in [-0.4, -0.2) is 28.0 Å². The van der Waals surface area contributed by atoms with Gasteiger partial charge in [0.2, 0.25) is 0 Å². The van der Waals surface area contributed by atoms with Crippen molar-refractivity contribution >= 4 is 11.5 Å². The zero-order valence-electron chi connectivity index (χ0n) is 10.3. The summed E-state index contributed by atoms with van der Waals surface area (Å²) in [6.45, 7) is 4.96. The third-order valence-electron chi connectivity index (χ3n) is 2.58. The fraction of sp³-hybridized carbons (Fsp3) is 0.727. The smallest absolute Gasteiger partial charge is 0.147 e.